The van der Waals surface area contributed by atoms with Gasteiger partial charge in [0.05, 0.1) is 41.2 Å². The minimum absolute atomic E-state index is 0.0101. The van der Waals surface area contributed by atoms with E-state index in [9.17, 15) is 18.7 Å². The van der Waals surface area contributed by atoms with Crippen LogP contribution < -0.4 is 15.0 Å². The van der Waals surface area contributed by atoms with Gasteiger partial charge in [-0.05, 0) is 44.5 Å². The SMILES string of the molecule is CC(C)(C)OC(=O)N1CCc2nc(OC3CC4CNc5nnc(-c6cccc(Cl)c6O)cc5N4C3)ccc2C1.FCF. The molecule has 3 aliphatic heterocycles. The first-order chi connectivity index (χ1) is 20.1. The summed E-state index contributed by atoms with van der Waals surface area (Å²) in [4.78, 5) is 21.3. The summed E-state index contributed by atoms with van der Waals surface area (Å²) in [6.45, 7) is 6.31. The van der Waals surface area contributed by atoms with Gasteiger partial charge in [-0.15, -0.1) is 10.2 Å². The number of alkyl halides is 2. The maximum atomic E-state index is 12.5. The molecule has 1 aromatic carbocycles. The Morgan fingerprint density at radius 3 is 2.76 bits per heavy atom. The Kier molecular flexibility index (Phi) is 8.53. The van der Waals surface area contributed by atoms with Gasteiger partial charge in [-0.1, -0.05) is 23.7 Å². The number of benzene rings is 1. The van der Waals surface area contributed by atoms with Crippen LogP contribution >= 0.6 is 11.6 Å². The Balaban J connectivity index is 0.00000113. The number of halogens is 3. The smallest absolute Gasteiger partial charge is 0.410 e. The molecule has 1 fully saturated rings. The highest BCUT2D eigenvalue weighted by Crippen LogP contribution is 2.40. The first-order valence-electron chi connectivity index (χ1n) is 13.7. The number of aromatic hydroxyl groups is 1. The van der Waals surface area contributed by atoms with Crippen LogP contribution in [0.5, 0.6) is 11.6 Å². The molecule has 2 unspecified atom stereocenters. The maximum Gasteiger partial charge on any atom is 0.410 e. The number of phenols is 1. The van der Waals surface area contributed by atoms with Crippen molar-refractivity contribution in [1.29, 1.82) is 0 Å². The number of hydrogen-bond acceptors (Lipinski definition) is 9. The van der Waals surface area contributed by atoms with Gasteiger partial charge in [0.1, 0.15) is 17.5 Å². The van der Waals surface area contributed by atoms with Crippen LogP contribution in [0.2, 0.25) is 5.02 Å². The van der Waals surface area contributed by atoms with Gasteiger partial charge >= 0.3 is 6.09 Å². The van der Waals surface area contributed by atoms with Crippen LogP contribution in [-0.4, -0.2) is 75.6 Å². The van der Waals surface area contributed by atoms with Crippen LogP contribution in [0.15, 0.2) is 36.4 Å². The van der Waals surface area contributed by atoms with Crippen LogP contribution in [0, 0.1) is 0 Å². The van der Waals surface area contributed by atoms with Crippen LogP contribution in [0.1, 0.15) is 38.4 Å². The lowest BCUT2D eigenvalue weighted by molar-refractivity contribution is 0.0222. The van der Waals surface area contributed by atoms with Gasteiger partial charge < -0.3 is 29.7 Å². The van der Waals surface area contributed by atoms with E-state index in [1.807, 2.05) is 39.0 Å². The number of ether oxygens (including phenoxy) is 2. The van der Waals surface area contributed by atoms with Crippen LogP contribution in [-0.2, 0) is 17.7 Å². The normalized spacial score (nSPS) is 19.0. The highest BCUT2D eigenvalue weighted by atomic mass is 35.5. The molecule has 10 nitrogen and oxygen atoms in total. The number of fused-ring (bicyclic) bond motifs is 4. The molecule has 5 heterocycles. The number of phenolic OH excluding ortho intramolecular Hbond substituents is 1. The summed E-state index contributed by atoms with van der Waals surface area (Å²) in [6, 6.07) is 11.2. The number of hydrogen-bond donors (Lipinski definition) is 2. The molecule has 2 aromatic heterocycles. The molecule has 13 heteroatoms. The van der Waals surface area contributed by atoms with Gasteiger partial charge in [-0.3, -0.25) is 0 Å². The van der Waals surface area contributed by atoms with Crippen molar-refractivity contribution >= 4 is 29.2 Å². The summed E-state index contributed by atoms with van der Waals surface area (Å²) in [5.41, 5.74) is 3.45. The van der Waals surface area contributed by atoms with Crippen LogP contribution in [0.4, 0.5) is 25.1 Å². The molecule has 2 N–H and O–H groups in total. The predicted octanol–water partition coefficient (Wildman–Crippen LogP) is 5.53. The summed E-state index contributed by atoms with van der Waals surface area (Å²) >= 11 is 6.11. The van der Waals surface area contributed by atoms with Crippen molar-refractivity contribution in [3.05, 3.63) is 52.7 Å². The Labute approximate surface area is 247 Å². The van der Waals surface area contributed by atoms with E-state index in [1.54, 1.807) is 23.1 Å². The Morgan fingerprint density at radius 2 is 2.00 bits per heavy atom. The molecule has 0 aliphatic carbocycles. The molecule has 1 amide bonds. The molecule has 3 aliphatic rings. The fourth-order valence-electron chi connectivity index (χ4n) is 5.36. The van der Waals surface area contributed by atoms with Crippen molar-refractivity contribution in [1.82, 2.24) is 20.1 Å². The van der Waals surface area contributed by atoms with Crippen molar-refractivity contribution in [3.63, 3.8) is 0 Å². The van der Waals surface area contributed by atoms with E-state index < -0.39 is 12.5 Å². The number of carbonyl (C=O) groups excluding carboxylic acids is 1. The average Bonchev–Trinajstić information content (AvgIpc) is 3.36. The van der Waals surface area contributed by atoms with E-state index in [1.165, 1.54) is 0 Å². The third kappa shape index (κ3) is 6.43. The standard InChI is InChI=1S/C28H31ClN6O4.CH2F2/c1-28(2,3)39-27(37)34-10-9-21-16(14-34)7-8-24(31-21)38-18-11-17-13-30-26-23(35(17)15-18)12-22(32-33-26)19-5-4-6-20(29)25(19)36;2-1-3/h4-8,12,17-18,36H,9-11,13-15H2,1-3H3,(H,30,33);1H2. The quantitative estimate of drug-likeness (QED) is 0.400. The van der Waals surface area contributed by atoms with E-state index in [-0.39, 0.29) is 29.0 Å². The van der Waals surface area contributed by atoms with Crippen LogP contribution in [0.25, 0.3) is 11.3 Å². The van der Waals surface area contributed by atoms with Gasteiger partial charge in [0.2, 0.25) is 12.8 Å². The molecule has 3 aromatic rings. The minimum Gasteiger partial charge on any atom is -0.506 e. The fourth-order valence-corrected chi connectivity index (χ4v) is 5.53. The zero-order chi connectivity index (χ0) is 30.0. The van der Waals surface area contributed by atoms with E-state index >= 15 is 0 Å². The molecule has 6 rings (SSSR count). The van der Waals surface area contributed by atoms with E-state index in [0.29, 0.717) is 49.0 Å². The monoisotopic (exact) mass is 602 g/mol. The molecule has 0 bridgehead atoms. The Hall–Kier alpha value is -3.93. The Morgan fingerprint density at radius 1 is 1.21 bits per heavy atom. The van der Waals surface area contributed by atoms with E-state index in [4.69, 9.17) is 26.1 Å². The lowest BCUT2D eigenvalue weighted by Crippen LogP contribution is -2.40. The second kappa shape index (κ2) is 12.1. The first-order valence-corrected chi connectivity index (χ1v) is 14.1. The van der Waals surface area contributed by atoms with Gasteiger partial charge in [-0.2, -0.15) is 0 Å². The summed E-state index contributed by atoms with van der Waals surface area (Å²) in [5.74, 6) is 1.29. The second-order valence-electron chi connectivity index (χ2n) is 11.3. The molecule has 0 radical (unpaired) electrons. The molecular weight excluding hydrogens is 570 g/mol. The predicted molar refractivity (Wildman–Crippen MR) is 154 cm³/mol. The number of carbonyl (C=O) groups is 1. The zero-order valence-electron chi connectivity index (χ0n) is 23.6. The number of para-hydroxylation sites is 1. The summed E-state index contributed by atoms with van der Waals surface area (Å²) in [6.07, 6.45) is 1.13. The van der Waals surface area contributed by atoms with Crippen molar-refractivity contribution < 1.29 is 28.2 Å². The van der Waals surface area contributed by atoms with Crippen molar-refractivity contribution in [2.75, 3.05) is 36.8 Å². The average molecular weight is 603 g/mol. The molecular formula is C29H33ClF2N6O4. The van der Waals surface area contributed by atoms with Crippen LogP contribution in [0.3, 0.4) is 0 Å². The molecule has 224 valence electrons. The summed E-state index contributed by atoms with van der Waals surface area (Å²) in [7, 11) is 0. The number of nitrogens with zero attached hydrogens (tertiary/aromatic N) is 5. The molecule has 42 heavy (non-hydrogen) atoms. The van der Waals surface area contributed by atoms with Crippen molar-refractivity contribution in [2.24, 2.45) is 0 Å². The zero-order valence-corrected chi connectivity index (χ0v) is 24.4. The topological polar surface area (TPSA) is 113 Å². The van der Waals surface area contributed by atoms with Gasteiger partial charge in [0.25, 0.3) is 0 Å². The highest BCUT2D eigenvalue weighted by molar-refractivity contribution is 6.32. The number of pyridine rings is 1. The highest BCUT2D eigenvalue weighted by Gasteiger charge is 2.38. The molecule has 2 atom stereocenters. The third-order valence-corrected chi connectivity index (χ3v) is 7.49. The number of rotatable bonds is 3. The van der Waals surface area contributed by atoms with Crippen molar-refractivity contribution in [2.45, 2.75) is 57.9 Å². The fraction of sp³-hybridized carbons (Fsp3) is 0.448. The minimum atomic E-state index is -1.75. The Bertz CT molecular complexity index is 1460. The number of anilines is 2. The lowest BCUT2D eigenvalue weighted by Gasteiger charge is -2.33. The lowest BCUT2D eigenvalue weighted by atomic mass is 10.1. The van der Waals surface area contributed by atoms with E-state index in [2.05, 4.69) is 20.4 Å². The van der Waals surface area contributed by atoms with Gasteiger partial charge in [0.15, 0.2) is 5.82 Å². The molecule has 0 saturated carbocycles. The first kappa shape index (κ1) is 29.6. The molecule has 0 spiro atoms. The number of nitrogens with one attached hydrogen (secondary N) is 1. The molecule has 1 saturated heterocycles. The summed E-state index contributed by atoms with van der Waals surface area (Å²) < 4.78 is 31.1. The third-order valence-electron chi connectivity index (χ3n) is 7.19. The van der Waals surface area contributed by atoms with Gasteiger partial charge in [-0.25, -0.2) is 18.6 Å². The van der Waals surface area contributed by atoms with Crippen molar-refractivity contribution in [3.8, 4) is 22.9 Å². The van der Waals surface area contributed by atoms with Gasteiger partial charge in [0, 0.05) is 37.6 Å². The maximum absolute atomic E-state index is 12.5. The number of amides is 1. The number of aromatic nitrogens is 3. The second-order valence-corrected chi connectivity index (χ2v) is 11.7. The summed E-state index contributed by atoms with van der Waals surface area (Å²) in [5, 5.41) is 22.8. The largest absolute Gasteiger partial charge is 0.506 e. The van der Waals surface area contributed by atoms with E-state index in [0.717, 1.165) is 29.9 Å².